The zero-order chi connectivity index (χ0) is 19.4. The van der Waals surface area contributed by atoms with Crippen LogP contribution in [0, 0.1) is 6.92 Å². The van der Waals surface area contributed by atoms with Crippen molar-refractivity contribution in [3.8, 4) is 0 Å². The van der Waals surface area contributed by atoms with Gasteiger partial charge in [0.25, 0.3) is 5.91 Å². The largest absolute Gasteiger partial charge is 0.339 e. The van der Waals surface area contributed by atoms with Gasteiger partial charge in [0.05, 0.1) is 0 Å². The highest BCUT2D eigenvalue weighted by molar-refractivity contribution is 5.94. The molecule has 0 spiro atoms. The molecular weight excluding hydrogens is 374 g/mol. The molecule has 1 aliphatic rings. The van der Waals surface area contributed by atoms with Crippen LogP contribution in [0.2, 0.25) is 0 Å². The Morgan fingerprint density at radius 1 is 0.929 bits per heavy atom. The van der Waals surface area contributed by atoms with E-state index in [1.807, 2.05) is 66.4 Å². The predicted octanol–water partition coefficient (Wildman–Crippen LogP) is 2.97. The lowest BCUT2D eigenvalue weighted by molar-refractivity contribution is -0.136. The minimum Gasteiger partial charge on any atom is -0.339 e. The Morgan fingerprint density at radius 3 is 2.25 bits per heavy atom. The normalized spacial score (nSPS) is 16.5. The number of halogens is 1. The number of nitrogens with two attached hydrogens (primary N) is 1. The van der Waals surface area contributed by atoms with Gasteiger partial charge in [-0.3, -0.25) is 9.59 Å². The molecule has 1 heterocycles. The van der Waals surface area contributed by atoms with Gasteiger partial charge in [-0.2, -0.15) is 0 Å². The van der Waals surface area contributed by atoms with Gasteiger partial charge < -0.3 is 15.5 Å². The number of rotatable bonds is 3. The summed E-state index contributed by atoms with van der Waals surface area (Å²) in [4.78, 5) is 29.5. The van der Waals surface area contributed by atoms with Crippen molar-refractivity contribution in [1.29, 1.82) is 0 Å². The molecule has 0 aliphatic carbocycles. The Morgan fingerprint density at radius 2 is 1.57 bits per heavy atom. The van der Waals surface area contributed by atoms with Crippen molar-refractivity contribution in [1.82, 2.24) is 9.80 Å². The quantitative estimate of drug-likeness (QED) is 0.859. The summed E-state index contributed by atoms with van der Waals surface area (Å²) in [6.45, 7) is 6.00. The van der Waals surface area contributed by atoms with Crippen molar-refractivity contribution < 1.29 is 9.59 Å². The molecule has 2 amide bonds. The first kappa shape index (κ1) is 21.9. The molecule has 0 bridgehead atoms. The first-order valence-electron chi connectivity index (χ1n) is 9.39. The molecule has 0 saturated carbocycles. The van der Waals surface area contributed by atoms with Gasteiger partial charge in [0.15, 0.2) is 0 Å². The second-order valence-corrected chi connectivity index (χ2v) is 7.38. The lowest BCUT2D eigenvalue weighted by Gasteiger charge is -2.31. The van der Waals surface area contributed by atoms with Crippen molar-refractivity contribution >= 4 is 24.2 Å². The maximum absolute atomic E-state index is 13.1. The Bertz CT molecular complexity index is 824. The molecule has 2 aromatic carbocycles. The molecule has 5 nitrogen and oxygen atoms in total. The van der Waals surface area contributed by atoms with E-state index in [0.717, 1.165) is 17.5 Å². The lowest BCUT2D eigenvalue weighted by atomic mass is 9.91. The molecule has 6 heteroatoms. The molecule has 28 heavy (non-hydrogen) atoms. The molecule has 3 rings (SSSR count). The molecule has 1 unspecified atom stereocenters. The van der Waals surface area contributed by atoms with Crippen LogP contribution in [-0.2, 0) is 10.3 Å². The number of benzene rings is 2. The van der Waals surface area contributed by atoms with Crippen LogP contribution in [0.4, 0.5) is 0 Å². The molecule has 1 aliphatic heterocycles. The minimum absolute atomic E-state index is 0. The van der Waals surface area contributed by atoms with Gasteiger partial charge in [0.1, 0.15) is 5.54 Å². The Balaban J connectivity index is 0.00000280. The fraction of sp³-hybridized carbons (Fsp3) is 0.364. The molecule has 1 saturated heterocycles. The standard InChI is InChI=1S/C22H27N3O2.ClH/c1-17-8-6-9-18(16-17)20(26)24-12-7-13-25(15-14-24)21(27)22(2,23)19-10-4-3-5-11-19;/h3-6,8-11,16H,7,12-15,23H2,1-2H3;1H. The van der Waals surface area contributed by atoms with E-state index in [0.29, 0.717) is 31.7 Å². The number of nitrogens with zero attached hydrogens (tertiary/aromatic N) is 2. The summed E-state index contributed by atoms with van der Waals surface area (Å²) in [7, 11) is 0. The highest BCUT2D eigenvalue weighted by Gasteiger charge is 2.35. The summed E-state index contributed by atoms with van der Waals surface area (Å²) in [5.41, 5.74) is 7.88. The van der Waals surface area contributed by atoms with Crippen LogP contribution < -0.4 is 5.73 Å². The Kier molecular flexibility index (Phi) is 7.22. The molecule has 1 fully saturated rings. The molecule has 2 aromatic rings. The average Bonchev–Trinajstić information content (AvgIpc) is 2.93. The van der Waals surface area contributed by atoms with Crippen LogP contribution in [0.15, 0.2) is 54.6 Å². The van der Waals surface area contributed by atoms with Crippen molar-refractivity contribution in [2.45, 2.75) is 25.8 Å². The van der Waals surface area contributed by atoms with E-state index in [4.69, 9.17) is 5.73 Å². The summed E-state index contributed by atoms with van der Waals surface area (Å²) in [5.74, 6) is -0.0786. The maximum atomic E-state index is 13.1. The van der Waals surface area contributed by atoms with E-state index in [-0.39, 0.29) is 24.2 Å². The van der Waals surface area contributed by atoms with E-state index in [1.165, 1.54) is 0 Å². The number of carbonyl (C=O) groups excluding carboxylic acids is 2. The first-order chi connectivity index (χ1) is 12.9. The van der Waals surface area contributed by atoms with E-state index in [2.05, 4.69) is 0 Å². The van der Waals surface area contributed by atoms with Gasteiger partial charge in [0, 0.05) is 31.7 Å². The van der Waals surface area contributed by atoms with Crippen molar-refractivity contribution in [2.24, 2.45) is 5.73 Å². The third kappa shape index (κ3) is 4.72. The monoisotopic (exact) mass is 401 g/mol. The van der Waals surface area contributed by atoms with E-state index < -0.39 is 5.54 Å². The Hall–Kier alpha value is -2.37. The van der Waals surface area contributed by atoms with Crippen LogP contribution in [0.1, 0.15) is 34.8 Å². The summed E-state index contributed by atoms with van der Waals surface area (Å²) in [6, 6.07) is 17.1. The van der Waals surface area contributed by atoms with Crippen molar-refractivity contribution in [3.63, 3.8) is 0 Å². The van der Waals surface area contributed by atoms with Crippen LogP contribution in [-0.4, -0.2) is 47.8 Å². The summed E-state index contributed by atoms with van der Waals surface area (Å²) < 4.78 is 0. The zero-order valence-corrected chi connectivity index (χ0v) is 17.2. The molecule has 2 N–H and O–H groups in total. The van der Waals surface area contributed by atoms with E-state index in [1.54, 1.807) is 11.8 Å². The number of amides is 2. The minimum atomic E-state index is -1.07. The average molecular weight is 402 g/mol. The molecule has 0 radical (unpaired) electrons. The zero-order valence-electron chi connectivity index (χ0n) is 16.4. The lowest BCUT2D eigenvalue weighted by Crippen LogP contribution is -2.51. The number of aryl methyl sites for hydroxylation is 1. The van der Waals surface area contributed by atoms with Crippen LogP contribution >= 0.6 is 12.4 Å². The highest BCUT2D eigenvalue weighted by atomic mass is 35.5. The van der Waals surface area contributed by atoms with Gasteiger partial charge in [-0.1, -0.05) is 48.0 Å². The first-order valence-corrected chi connectivity index (χ1v) is 9.39. The SMILES string of the molecule is Cc1cccc(C(=O)N2CCCN(C(=O)C(C)(N)c3ccccc3)CC2)c1.Cl. The fourth-order valence-electron chi connectivity index (χ4n) is 3.52. The second-order valence-electron chi connectivity index (χ2n) is 7.38. The third-order valence-electron chi connectivity index (χ3n) is 5.15. The molecular formula is C22H28ClN3O2. The topological polar surface area (TPSA) is 66.6 Å². The molecule has 0 aromatic heterocycles. The van der Waals surface area contributed by atoms with Crippen molar-refractivity contribution in [3.05, 3.63) is 71.3 Å². The summed E-state index contributed by atoms with van der Waals surface area (Å²) in [5, 5.41) is 0. The number of hydrogen-bond acceptors (Lipinski definition) is 3. The van der Waals surface area contributed by atoms with Gasteiger partial charge >= 0.3 is 0 Å². The smallest absolute Gasteiger partial charge is 0.253 e. The third-order valence-corrected chi connectivity index (χ3v) is 5.15. The van der Waals surface area contributed by atoms with Gasteiger partial charge in [-0.05, 0) is 38.0 Å². The van der Waals surface area contributed by atoms with Gasteiger partial charge in [0.2, 0.25) is 5.91 Å². The van der Waals surface area contributed by atoms with Crippen molar-refractivity contribution in [2.75, 3.05) is 26.2 Å². The maximum Gasteiger partial charge on any atom is 0.253 e. The van der Waals surface area contributed by atoms with Gasteiger partial charge in [-0.25, -0.2) is 0 Å². The van der Waals surface area contributed by atoms with Crippen LogP contribution in [0.25, 0.3) is 0 Å². The highest BCUT2D eigenvalue weighted by Crippen LogP contribution is 2.21. The number of hydrogen-bond donors (Lipinski definition) is 1. The summed E-state index contributed by atoms with van der Waals surface area (Å²) >= 11 is 0. The van der Waals surface area contributed by atoms with Gasteiger partial charge in [-0.15, -0.1) is 12.4 Å². The Labute approximate surface area is 172 Å². The van der Waals surface area contributed by atoms with E-state index in [9.17, 15) is 9.59 Å². The molecule has 150 valence electrons. The van der Waals surface area contributed by atoms with E-state index >= 15 is 0 Å². The summed E-state index contributed by atoms with van der Waals surface area (Å²) in [6.07, 6.45) is 0.744. The predicted molar refractivity (Wildman–Crippen MR) is 114 cm³/mol. The second kappa shape index (κ2) is 9.22. The fourth-order valence-corrected chi connectivity index (χ4v) is 3.52. The van der Waals surface area contributed by atoms with Crippen LogP contribution in [0.5, 0.6) is 0 Å². The molecule has 1 atom stereocenters. The number of carbonyl (C=O) groups is 2. The van der Waals surface area contributed by atoms with Crippen LogP contribution in [0.3, 0.4) is 0 Å².